The molecular weight excluding hydrogens is 570 g/mol. The van der Waals surface area contributed by atoms with Gasteiger partial charge in [-0.05, 0) is 90.5 Å². The highest BCUT2D eigenvalue weighted by Crippen LogP contribution is 2.32. The van der Waals surface area contributed by atoms with E-state index in [-0.39, 0.29) is 42.0 Å². The van der Waals surface area contributed by atoms with Crippen molar-refractivity contribution in [2.75, 3.05) is 47.1 Å². The topological polar surface area (TPSA) is 89.6 Å². The van der Waals surface area contributed by atoms with Gasteiger partial charge in [-0.15, -0.1) is 0 Å². The average Bonchev–Trinajstić information content (AvgIpc) is 3.44. The number of amides is 2. The molecule has 9 heteroatoms. The summed E-state index contributed by atoms with van der Waals surface area (Å²) in [5, 5.41) is 3.59. The lowest BCUT2D eigenvalue weighted by Crippen LogP contribution is -2.54. The number of ether oxygens (including phenoxy) is 4. The maximum absolute atomic E-state index is 14.1. The Balaban J connectivity index is 1.91. The van der Waals surface area contributed by atoms with Gasteiger partial charge in [-0.2, -0.15) is 0 Å². The number of methoxy groups -OCH3 is 2. The summed E-state index contributed by atoms with van der Waals surface area (Å²) >= 11 is 0. The first-order chi connectivity index (χ1) is 21.4. The van der Waals surface area contributed by atoms with Crippen LogP contribution in [0.25, 0.3) is 0 Å². The first-order valence-corrected chi connectivity index (χ1v) is 16.2. The number of benzene rings is 2. The molecule has 45 heavy (non-hydrogen) atoms. The smallest absolute Gasteiger partial charge is 0.410 e. The van der Waals surface area contributed by atoms with E-state index in [1.807, 2.05) is 76.5 Å². The fraction of sp³-hybridized carbons (Fsp3) is 0.611. The van der Waals surface area contributed by atoms with Crippen molar-refractivity contribution in [2.24, 2.45) is 11.8 Å². The molecule has 1 N–H and O–H groups in total. The van der Waals surface area contributed by atoms with E-state index < -0.39 is 5.60 Å². The highest BCUT2D eigenvalue weighted by Gasteiger charge is 2.42. The number of nitrogens with one attached hydrogen (secondary N) is 1. The molecule has 0 spiro atoms. The van der Waals surface area contributed by atoms with E-state index in [2.05, 4.69) is 17.4 Å². The number of nitrogens with zero attached hydrogens (tertiary/aromatic N) is 2. The largest absolute Gasteiger partial charge is 0.493 e. The third-order valence-electron chi connectivity index (χ3n) is 8.17. The minimum absolute atomic E-state index is 0.0356. The second-order valence-corrected chi connectivity index (χ2v) is 13.4. The highest BCUT2D eigenvalue weighted by atomic mass is 16.6. The average molecular weight is 626 g/mol. The Morgan fingerprint density at radius 1 is 0.933 bits per heavy atom. The van der Waals surface area contributed by atoms with E-state index in [4.69, 9.17) is 18.9 Å². The van der Waals surface area contributed by atoms with Crippen molar-refractivity contribution in [2.45, 2.75) is 85.0 Å². The van der Waals surface area contributed by atoms with E-state index in [1.165, 1.54) is 0 Å². The van der Waals surface area contributed by atoms with Crippen molar-refractivity contribution < 1.29 is 28.5 Å². The molecular formula is C36H55N3O6. The number of carbonyl (C=O) groups is 2. The minimum Gasteiger partial charge on any atom is -0.493 e. The third kappa shape index (κ3) is 10.4. The number of hydrogen-bond donors (Lipinski definition) is 1. The highest BCUT2D eigenvalue weighted by molar-refractivity contribution is 5.95. The molecule has 1 saturated heterocycles. The van der Waals surface area contributed by atoms with E-state index >= 15 is 0 Å². The van der Waals surface area contributed by atoms with Gasteiger partial charge < -0.3 is 34.1 Å². The van der Waals surface area contributed by atoms with Crippen LogP contribution in [0.15, 0.2) is 48.5 Å². The van der Waals surface area contributed by atoms with Crippen LogP contribution in [-0.2, 0) is 15.9 Å². The molecule has 2 aromatic rings. The van der Waals surface area contributed by atoms with Crippen LogP contribution >= 0.6 is 0 Å². The molecule has 0 bridgehead atoms. The molecule has 0 aromatic heterocycles. The molecule has 0 aliphatic carbocycles. The fourth-order valence-corrected chi connectivity index (χ4v) is 6.01. The predicted octanol–water partition coefficient (Wildman–Crippen LogP) is 6.05. The zero-order valence-electron chi connectivity index (χ0n) is 28.8. The first kappa shape index (κ1) is 36.2. The van der Waals surface area contributed by atoms with Gasteiger partial charge in [-0.3, -0.25) is 4.79 Å². The van der Waals surface area contributed by atoms with Crippen LogP contribution in [0.5, 0.6) is 11.5 Å². The molecule has 2 aromatic carbocycles. The second-order valence-electron chi connectivity index (χ2n) is 13.4. The Bertz CT molecular complexity index is 1210. The number of rotatable bonds is 15. The van der Waals surface area contributed by atoms with Gasteiger partial charge in [0, 0.05) is 63.5 Å². The summed E-state index contributed by atoms with van der Waals surface area (Å²) in [5.74, 6) is 1.28. The van der Waals surface area contributed by atoms with Gasteiger partial charge in [0.15, 0.2) is 11.5 Å². The zero-order valence-corrected chi connectivity index (χ0v) is 28.8. The van der Waals surface area contributed by atoms with Crippen LogP contribution in [0.4, 0.5) is 4.79 Å². The molecule has 1 aliphatic heterocycles. The van der Waals surface area contributed by atoms with Gasteiger partial charge >= 0.3 is 6.09 Å². The lowest BCUT2D eigenvalue weighted by atomic mass is 9.83. The quantitative estimate of drug-likeness (QED) is 0.241. The molecule has 1 heterocycles. The normalized spacial score (nSPS) is 17.3. The maximum Gasteiger partial charge on any atom is 0.410 e. The Morgan fingerprint density at radius 3 is 2.24 bits per heavy atom. The van der Waals surface area contributed by atoms with E-state index in [0.717, 1.165) is 25.1 Å². The Hall–Kier alpha value is -3.30. The number of hydrogen-bond acceptors (Lipinski definition) is 7. The van der Waals surface area contributed by atoms with Crippen molar-refractivity contribution in [1.82, 2.24) is 15.1 Å². The first-order valence-electron chi connectivity index (χ1n) is 16.2. The van der Waals surface area contributed by atoms with Crippen LogP contribution in [0, 0.1) is 11.8 Å². The summed E-state index contributed by atoms with van der Waals surface area (Å²) in [7, 11) is 3.25. The molecule has 2 amide bonds. The summed E-state index contributed by atoms with van der Waals surface area (Å²) in [6, 6.07) is 15.4. The number of carbonyl (C=O) groups excluding carboxylic acids is 2. The Kier molecular flexibility index (Phi) is 13.5. The summed E-state index contributed by atoms with van der Waals surface area (Å²) in [4.78, 5) is 31.6. The van der Waals surface area contributed by atoms with Crippen LogP contribution in [0.1, 0.15) is 70.8 Å². The Labute approximate surface area is 270 Å². The van der Waals surface area contributed by atoms with E-state index in [0.29, 0.717) is 43.2 Å². The summed E-state index contributed by atoms with van der Waals surface area (Å²) in [5.41, 5.74) is 1.10. The second kappa shape index (κ2) is 16.9. The maximum atomic E-state index is 14.1. The van der Waals surface area contributed by atoms with E-state index in [1.54, 1.807) is 32.4 Å². The standard InChI is InChI=1S/C36H55N3O6/c1-25(2)38(34(40)28-16-17-32(43-9)33(21-28)44-19-13-18-42-8)24-29-22-37-23-30(29)31(20-27-14-11-10-12-15-27)39(26(3)4)35(41)45-36(5,6)7/h10-12,14-17,21,25-26,29-31,37H,13,18-20,22-24H2,1-9H3/t29-,30-,31?/m1/s1. The zero-order chi connectivity index (χ0) is 33.1. The van der Waals surface area contributed by atoms with Gasteiger partial charge in [0.05, 0.1) is 13.7 Å². The lowest BCUT2D eigenvalue weighted by Gasteiger charge is -2.42. The molecule has 9 nitrogen and oxygen atoms in total. The molecule has 3 rings (SSSR count). The van der Waals surface area contributed by atoms with Crippen molar-refractivity contribution in [3.05, 3.63) is 59.7 Å². The van der Waals surface area contributed by atoms with Gasteiger partial charge in [0.2, 0.25) is 0 Å². The van der Waals surface area contributed by atoms with E-state index in [9.17, 15) is 9.59 Å². The minimum atomic E-state index is -0.611. The predicted molar refractivity (Wildman–Crippen MR) is 178 cm³/mol. The van der Waals surface area contributed by atoms with Gasteiger partial charge in [0.25, 0.3) is 5.91 Å². The van der Waals surface area contributed by atoms with Crippen molar-refractivity contribution in [3.63, 3.8) is 0 Å². The van der Waals surface area contributed by atoms with Crippen LogP contribution in [0.3, 0.4) is 0 Å². The molecule has 0 radical (unpaired) electrons. The van der Waals surface area contributed by atoms with Crippen LogP contribution in [0.2, 0.25) is 0 Å². The van der Waals surface area contributed by atoms with Gasteiger partial charge in [-0.1, -0.05) is 30.3 Å². The van der Waals surface area contributed by atoms with Gasteiger partial charge in [-0.25, -0.2) is 4.79 Å². The molecule has 3 atom stereocenters. The molecule has 1 unspecified atom stereocenters. The lowest BCUT2D eigenvalue weighted by molar-refractivity contribution is -0.00250. The van der Waals surface area contributed by atoms with Crippen molar-refractivity contribution >= 4 is 12.0 Å². The van der Waals surface area contributed by atoms with Gasteiger partial charge in [0.1, 0.15) is 5.60 Å². The molecule has 1 fully saturated rings. The molecule has 250 valence electrons. The summed E-state index contributed by atoms with van der Waals surface area (Å²) in [6.45, 7) is 17.0. The van der Waals surface area contributed by atoms with Crippen LogP contribution < -0.4 is 14.8 Å². The molecule has 0 saturated carbocycles. The Morgan fingerprint density at radius 2 is 1.64 bits per heavy atom. The third-order valence-corrected chi connectivity index (χ3v) is 8.17. The van der Waals surface area contributed by atoms with Crippen molar-refractivity contribution in [1.29, 1.82) is 0 Å². The fourth-order valence-electron chi connectivity index (χ4n) is 6.01. The SMILES string of the molecule is COCCCOc1cc(C(=O)N(C[C@H]2CNC[C@H]2C(Cc2ccccc2)N(C(=O)OC(C)(C)C)C(C)C)C(C)C)ccc1OC. The summed E-state index contributed by atoms with van der Waals surface area (Å²) in [6.07, 6.45) is 1.11. The molecule has 1 aliphatic rings. The van der Waals surface area contributed by atoms with Crippen LogP contribution in [-0.4, -0.2) is 92.6 Å². The summed E-state index contributed by atoms with van der Waals surface area (Å²) < 4.78 is 22.5. The monoisotopic (exact) mass is 625 g/mol. The van der Waals surface area contributed by atoms with Crippen molar-refractivity contribution in [3.8, 4) is 11.5 Å².